The van der Waals surface area contributed by atoms with Gasteiger partial charge in [-0.25, -0.2) is 4.79 Å². The molecule has 3 rings (SSSR count). The summed E-state index contributed by atoms with van der Waals surface area (Å²) in [5.74, 6) is 0.453. The van der Waals surface area contributed by atoms with Crippen LogP contribution in [0.15, 0.2) is 48.7 Å². The van der Waals surface area contributed by atoms with Crippen molar-refractivity contribution in [2.45, 2.75) is 25.8 Å². The number of carboxylic acid groups (broad SMARTS) is 1. The van der Waals surface area contributed by atoms with E-state index in [2.05, 4.69) is 0 Å². The van der Waals surface area contributed by atoms with Gasteiger partial charge in [0.15, 0.2) is 0 Å². The number of aromatic nitrogens is 1. The SMILES string of the molecule is COc1cc(OC)c2ccn(C(CCc3ccc(C)cc3)C(=O)O)c2c1. The average molecular weight is 353 g/mol. The fourth-order valence-corrected chi connectivity index (χ4v) is 3.20. The molecule has 0 fully saturated rings. The summed E-state index contributed by atoms with van der Waals surface area (Å²) in [4.78, 5) is 11.9. The molecule has 0 aliphatic carbocycles. The van der Waals surface area contributed by atoms with Crippen LogP contribution < -0.4 is 9.47 Å². The summed E-state index contributed by atoms with van der Waals surface area (Å²) in [5, 5.41) is 10.7. The third kappa shape index (κ3) is 3.52. The number of aliphatic carboxylic acids is 1. The Morgan fingerprint density at radius 2 is 1.85 bits per heavy atom. The first kappa shape index (κ1) is 17.9. The van der Waals surface area contributed by atoms with Crippen molar-refractivity contribution in [3.8, 4) is 11.5 Å². The lowest BCUT2D eigenvalue weighted by molar-refractivity contribution is -0.141. The van der Waals surface area contributed by atoms with Crippen LogP contribution in [0, 0.1) is 6.92 Å². The van der Waals surface area contributed by atoms with E-state index < -0.39 is 12.0 Å². The zero-order valence-corrected chi connectivity index (χ0v) is 15.2. The molecule has 0 saturated heterocycles. The van der Waals surface area contributed by atoms with Gasteiger partial charge < -0.3 is 19.1 Å². The van der Waals surface area contributed by atoms with Crippen LogP contribution in [0.1, 0.15) is 23.6 Å². The maximum atomic E-state index is 11.9. The molecule has 1 atom stereocenters. The van der Waals surface area contributed by atoms with E-state index in [1.165, 1.54) is 5.56 Å². The molecule has 136 valence electrons. The number of ether oxygens (including phenoxy) is 2. The number of carboxylic acids is 1. The molecule has 1 unspecified atom stereocenters. The molecule has 5 nitrogen and oxygen atoms in total. The fraction of sp³-hybridized carbons (Fsp3) is 0.286. The quantitative estimate of drug-likeness (QED) is 0.691. The van der Waals surface area contributed by atoms with Crippen molar-refractivity contribution < 1.29 is 19.4 Å². The fourth-order valence-electron chi connectivity index (χ4n) is 3.20. The molecule has 0 bridgehead atoms. The van der Waals surface area contributed by atoms with Crippen molar-refractivity contribution in [3.05, 3.63) is 59.8 Å². The monoisotopic (exact) mass is 353 g/mol. The Morgan fingerprint density at radius 3 is 2.46 bits per heavy atom. The second-order valence-corrected chi connectivity index (χ2v) is 6.36. The average Bonchev–Trinajstić information content (AvgIpc) is 3.06. The number of hydrogen-bond donors (Lipinski definition) is 1. The minimum absolute atomic E-state index is 0.502. The number of methoxy groups -OCH3 is 2. The first-order valence-electron chi connectivity index (χ1n) is 8.54. The second-order valence-electron chi connectivity index (χ2n) is 6.36. The summed E-state index contributed by atoms with van der Waals surface area (Å²) in [7, 11) is 3.18. The number of carbonyl (C=O) groups is 1. The molecular formula is C21H23NO4. The van der Waals surface area contributed by atoms with Crippen LogP contribution in [0.5, 0.6) is 11.5 Å². The van der Waals surface area contributed by atoms with Gasteiger partial charge in [0.05, 0.1) is 19.7 Å². The zero-order chi connectivity index (χ0) is 18.7. The Bertz CT molecular complexity index is 912. The van der Waals surface area contributed by atoms with Crippen molar-refractivity contribution >= 4 is 16.9 Å². The number of nitrogens with zero attached hydrogens (tertiary/aromatic N) is 1. The highest BCUT2D eigenvalue weighted by Gasteiger charge is 2.22. The summed E-state index contributed by atoms with van der Waals surface area (Å²) in [6.07, 6.45) is 3.00. The van der Waals surface area contributed by atoms with Crippen LogP contribution in [0.4, 0.5) is 0 Å². The molecule has 0 aliphatic rings. The predicted molar refractivity (Wildman–Crippen MR) is 101 cm³/mol. The Morgan fingerprint density at radius 1 is 1.12 bits per heavy atom. The molecule has 0 aliphatic heterocycles. The van der Waals surface area contributed by atoms with Crippen molar-refractivity contribution in [1.29, 1.82) is 0 Å². The van der Waals surface area contributed by atoms with E-state index in [0.717, 1.165) is 16.5 Å². The van der Waals surface area contributed by atoms with Gasteiger partial charge in [0, 0.05) is 23.7 Å². The molecular weight excluding hydrogens is 330 g/mol. The van der Waals surface area contributed by atoms with Crippen LogP contribution in [-0.4, -0.2) is 29.9 Å². The lowest BCUT2D eigenvalue weighted by atomic mass is 10.0. The van der Waals surface area contributed by atoms with Gasteiger partial charge in [-0.15, -0.1) is 0 Å². The summed E-state index contributed by atoms with van der Waals surface area (Å²) >= 11 is 0. The van der Waals surface area contributed by atoms with E-state index in [9.17, 15) is 9.90 Å². The summed E-state index contributed by atoms with van der Waals surface area (Å²) < 4.78 is 12.5. The standard InChI is InChI=1S/C21H23NO4/c1-14-4-6-15(7-5-14)8-9-18(21(23)24)22-11-10-17-19(22)12-16(25-2)13-20(17)26-3/h4-7,10-13,18H,8-9H2,1-3H3,(H,23,24). The Labute approximate surface area is 152 Å². The molecule has 3 aromatic rings. The Kier molecular flexibility index (Phi) is 5.16. The molecule has 1 N–H and O–H groups in total. The lowest BCUT2D eigenvalue weighted by Gasteiger charge is -2.17. The van der Waals surface area contributed by atoms with Crippen LogP contribution in [0.3, 0.4) is 0 Å². The minimum atomic E-state index is -0.851. The molecule has 1 aromatic heterocycles. The molecule has 0 saturated carbocycles. The summed E-state index contributed by atoms with van der Waals surface area (Å²) in [6, 6.07) is 13.1. The second kappa shape index (κ2) is 7.52. The summed E-state index contributed by atoms with van der Waals surface area (Å²) in [6.45, 7) is 2.04. The number of fused-ring (bicyclic) bond motifs is 1. The molecule has 0 radical (unpaired) electrons. The van der Waals surface area contributed by atoms with Gasteiger partial charge in [0.2, 0.25) is 0 Å². The normalized spacial score (nSPS) is 12.1. The Balaban J connectivity index is 1.94. The first-order valence-corrected chi connectivity index (χ1v) is 8.54. The van der Waals surface area contributed by atoms with Gasteiger partial charge >= 0.3 is 5.97 Å². The number of aryl methyl sites for hydroxylation is 2. The maximum Gasteiger partial charge on any atom is 0.326 e. The van der Waals surface area contributed by atoms with Gasteiger partial charge in [-0.3, -0.25) is 0 Å². The molecule has 0 spiro atoms. The van der Waals surface area contributed by atoms with Gasteiger partial charge in [-0.05, 0) is 31.4 Å². The highest BCUT2D eigenvalue weighted by atomic mass is 16.5. The third-order valence-electron chi connectivity index (χ3n) is 4.68. The van der Waals surface area contributed by atoms with Crippen LogP contribution in [-0.2, 0) is 11.2 Å². The smallest absolute Gasteiger partial charge is 0.326 e. The first-order chi connectivity index (χ1) is 12.5. The van der Waals surface area contributed by atoms with Crippen molar-refractivity contribution in [3.63, 3.8) is 0 Å². The van der Waals surface area contributed by atoms with Crippen molar-refractivity contribution in [1.82, 2.24) is 4.57 Å². The minimum Gasteiger partial charge on any atom is -0.497 e. The van der Waals surface area contributed by atoms with Crippen molar-refractivity contribution in [2.24, 2.45) is 0 Å². The largest absolute Gasteiger partial charge is 0.497 e. The highest BCUT2D eigenvalue weighted by molar-refractivity contribution is 5.89. The molecule has 26 heavy (non-hydrogen) atoms. The predicted octanol–water partition coefficient (Wildman–Crippen LogP) is 4.23. The van der Waals surface area contributed by atoms with Gasteiger partial charge in [0.25, 0.3) is 0 Å². The van der Waals surface area contributed by atoms with Gasteiger partial charge in [0.1, 0.15) is 17.5 Å². The topological polar surface area (TPSA) is 60.7 Å². The molecule has 5 heteroatoms. The number of hydrogen-bond acceptors (Lipinski definition) is 3. The highest BCUT2D eigenvalue weighted by Crippen LogP contribution is 2.34. The van der Waals surface area contributed by atoms with E-state index in [1.54, 1.807) is 31.0 Å². The number of rotatable bonds is 7. The van der Waals surface area contributed by atoms with Crippen LogP contribution in [0.25, 0.3) is 10.9 Å². The molecule has 2 aromatic carbocycles. The van der Waals surface area contributed by atoms with Gasteiger partial charge in [-0.1, -0.05) is 29.8 Å². The van der Waals surface area contributed by atoms with Crippen LogP contribution >= 0.6 is 0 Å². The number of benzene rings is 2. The molecule has 1 heterocycles. The van der Waals surface area contributed by atoms with E-state index in [-0.39, 0.29) is 0 Å². The maximum absolute atomic E-state index is 11.9. The van der Waals surface area contributed by atoms with Crippen LogP contribution in [0.2, 0.25) is 0 Å². The van der Waals surface area contributed by atoms with Crippen molar-refractivity contribution in [2.75, 3.05) is 14.2 Å². The molecule has 0 amide bonds. The van der Waals surface area contributed by atoms with Gasteiger partial charge in [-0.2, -0.15) is 0 Å². The van der Waals surface area contributed by atoms with E-state index >= 15 is 0 Å². The summed E-state index contributed by atoms with van der Waals surface area (Å²) in [5.41, 5.74) is 3.12. The zero-order valence-electron chi connectivity index (χ0n) is 15.2. The van der Waals surface area contributed by atoms with E-state index in [1.807, 2.05) is 43.3 Å². The Hall–Kier alpha value is -2.95. The van der Waals surface area contributed by atoms with E-state index in [0.29, 0.717) is 24.3 Å². The lowest BCUT2D eigenvalue weighted by Crippen LogP contribution is -2.19. The van der Waals surface area contributed by atoms with E-state index in [4.69, 9.17) is 9.47 Å². The third-order valence-corrected chi connectivity index (χ3v) is 4.68.